The fourth-order valence-electron chi connectivity index (χ4n) is 2.41. The Balaban J connectivity index is 0.00000133. The molecule has 1 aliphatic heterocycles. The van der Waals surface area contributed by atoms with Gasteiger partial charge in [0.15, 0.2) is 0 Å². The molecule has 0 saturated heterocycles. The largest absolute Gasteiger partial charge is 0.446 e. The molecule has 0 radical (unpaired) electrons. The van der Waals surface area contributed by atoms with Crippen molar-refractivity contribution in [2.75, 3.05) is 0 Å². The number of hydrogen-bond acceptors (Lipinski definition) is 3. The van der Waals surface area contributed by atoms with Crippen LogP contribution in [-0.2, 0) is 24.4 Å². The molecule has 1 aliphatic carbocycles. The molecule has 4 nitrogen and oxygen atoms in total. The van der Waals surface area contributed by atoms with Crippen LogP contribution in [0, 0.1) is 0 Å². The van der Waals surface area contributed by atoms with Crippen LogP contribution in [0.5, 0.6) is 0 Å². The van der Waals surface area contributed by atoms with E-state index in [2.05, 4.69) is 12.1 Å². The number of carbonyl (C=O) groups excluding carboxylic acids is 1. The molecule has 104 valence electrons. The molecule has 1 aromatic rings. The molecule has 3 rings (SSSR count). The highest BCUT2D eigenvalue weighted by atomic mass is 35.5. The van der Waals surface area contributed by atoms with Crippen molar-refractivity contribution in [1.29, 1.82) is 0 Å². The highest BCUT2D eigenvalue weighted by molar-refractivity contribution is 5.85. The van der Waals surface area contributed by atoms with Gasteiger partial charge in [0, 0.05) is 19.6 Å². The summed E-state index contributed by atoms with van der Waals surface area (Å²) in [6, 6.07) is 6.18. The van der Waals surface area contributed by atoms with Crippen molar-refractivity contribution in [3.8, 4) is 0 Å². The van der Waals surface area contributed by atoms with Crippen molar-refractivity contribution in [3.05, 3.63) is 34.9 Å². The zero-order valence-electron chi connectivity index (χ0n) is 10.8. The minimum absolute atomic E-state index is 0. The summed E-state index contributed by atoms with van der Waals surface area (Å²) in [5.74, 6) is 0. The Hall–Kier alpha value is -1.26. The van der Waals surface area contributed by atoms with Crippen molar-refractivity contribution in [2.45, 2.75) is 45.0 Å². The van der Waals surface area contributed by atoms with Gasteiger partial charge < -0.3 is 10.5 Å². The molecule has 1 fully saturated rings. The Bertz CT molecular complexity index is 475. The fourth-order valence-corrected chi connectivity index (χ4v) is 2.41. The van der Waals surface area contributed by atoms with Gasteiger partial charge in [-0.15, -0.1) is 12.4 Å². The van der Waals surface area contributed by atoms with E-state index in [1.807, 2.05) is 6.07 Å². The molecule has 1 heterocycles. The number of benzene rings is 1. The third-order valence-electron chi connectivity index (χ3n) is 3.81. The number of rotatable bonds is 2. The van der Waals surface area contributed by atoms with E-state index in [9.17, 15) is 4.79 Å². The van der Waals surface area contributed by atoms with Crippen LogP contribution >= 0.6 is 12.4 Å². The molecule has 2 aliphatic rings. The van der Waals surface area contributed by atoms with Gasteiger partial charge >= 0.3 is 6.09 Å². The molecule has 2 N–H and O–H groups in total. The van der Waals surface area contributed by atoms with Crippen molar-refractivity contribution in [2.24, 2.45) is 5.73 Å². The Morgan fingerprint density at radius 1 is 1.32 bits per heavy atom. The lowest BCUT2D eigenvalue weighted by Gasteiger charge is -2.27. The van der Waals surface area contributed by atoms with Crippen LogP contribution in [-0.4, -0.2) is 17.1 Å². The smallest absolute Gasteiger partial charge is 0.410 e. The van der Waals surface area contributed by atoms with Crippen LogP contribution in [0.2, 0.25) is 0 Å². The second-order valence-corrected chi connectivity index (χ2v) is 5.10. The Morgan fingerprint density at radius 2 is 2.05 bits per heavy atom. The number of halogens is 1. The van der Waals surface area contributed by atoms with Gasteiger partial charge in [-0.05, 0) is 36.0 Å². The van der Waals surface area contributed by atoms with E-state index in [1.165, 1.54) is 17.5 Å². The maximum atomic E-state index is 12.0. The first-order chi connectivity index (χ1) is 8.76. The van der Waals surface area contributed by atoms with Crippen molar-refractivity contribution in [3.63, 3.8) is 0 Å². The van der Waals surface area contributed by atoms with Crippen molar-refractivity contribution in [1.82, 2.24) is 4.90 Å². The summed E-state index contributed by atoms with van der Waals surface area (Å²) >= 11 is 0. The summed E-state index contributed by atoms with van der Waals surface area (Å²) in [6.07, 6.45) is 3.19. The number of hydrogen-bond donors (Lipinski definition) is 1. The average molecular weight is 283 g/mol. The lowest BCUT2D eigenvalue weighted by molar-refractivity contribution is 0.0261. The first-order valence-electron chi connectivity index (χ1n) is 6.52. The molecule has 1 amide bonds. The second-order valence-electron chi connectivity index (χ2n) is 5.10. The van der Waals surface area contributed by atoms with E-state index < -0.39 is 0 Å². The first-order valence-corrected chi connectivity index (χ1v) is 6.52. The summed E-state index contributed by atoms with van der Waals surface area (Å²) in [4.78, 5) is 13.7. The molecule has 0 aromatic heterocycles. The van der Waals surface area contributed by atoms with E-state index in [-0.39, 0.29) is 24.6 Å². The lowest BCUT2D eigenvalue weighted by atomic mass is 9.96. The number of fused-ring (bicyclic) bond motifs is 1. The number of amides is 1. The van der Waals surface area contributed by atoms with Gasteiger partial charge in [-0.2, -0.15) is 0 Å². The monoisotopic (exact) mass is 282 g/mol. The first kappa shape index (κ1) is 14.2. The van der Waals surface area contributed by atoms with Crippen molar-refractivity contribution >= 4 is 18.5 Å². The number of carbonyl (C=O) groups is 1. The zero-order chi connectivity index (χ0) is 12.5. The Labute approximate surface area is 119 Å². The predicted octanol–water partition coefficient (Wildman–Crippen LogP) is 2.57. The van der Waals surface area contributed by atoms with Crippen LogP contribution in [0.1, 0.15) is 36.0 Å². The summed E-state index contributed by atoms with van der Waals surface area (Å²) in [6.45, 7) is 1.85. The third-order valence-corrected chi connectivity index (χ3v) is 3.81. The Kier molecular flexibility index (Phi) is 4.32. The third kappa shape index (κ3) is 2.85. The molecule has 0 atom stereocenters. The predicted molar refractivity (Wildman–Crippen MR) is 74.9 cm³/mol. The van der Waals surface area contributed by atoms with Crippen LogP contribution in [0.3, 0.4) is 0 Å². The van der Waals surface area contributed by atoms with Gasteiger partial charge in [-0.25, -0.2) is 4.79 Å². The molecule has 19 heavy (non-hydrogen) atoms. The van der Waals surface area contributed by atoms with E-state index in [0.717, 1.165) is 18.4 Å². The molecular formula is C14H19ClN2O2. The molecule has 0 spiro atoms. The van der Waals surface area contributed by atoms with E-state index >= 15 is 0 Å². The van der Waals surface area contributed by atoms with Gasteiger partial charge in [0.1, 0.15) is 6.10 Å². The van der Waals surface area contributed by atoms with E-state index in [4.69, 9.17) is 10.5 Å². The summed E-state index contributed by atoms with van der Waals surface area (Å²) in [5, 5.41) is 0. The van der Waals surface area contributed by atoms with Crippen LogP contribution in [0.25, 0.3) is 0 Å². The van der Waals surface area contributed by atoms with Crippen LogP contribution < -0.4 is 5.73 Å². The van der Waals surface area contributed by atoms with Crippen molar-refractivity contribution < 1.29 is 9.53 Å². The number of nitrogens with two attached hydrogens (primary N) is 1. The summed E-state index contributed by atoms with van der Waals surface area (Å²) in [5.41, 5.74) is 9.14. The molecule has 0 bridgehead atoms. The molecule has 1 aromatic carbocycles. The minimum Gasteiger partial charge on any atom is -0.446 e. The summed E-state index contributed by atoms with van der Waals surface area (Å²) in [7, 11) is 0. The molecule has 1 saturated carbocycles. The highest BCUT2D eigenvalue weighted by Gasteiger charge is 2.28. The molecular weight excluding hydrogens is 264 g/mol. The maximum absolute atomic E-state index is 12.0. The average Bonchev–Trinajstić information content (AvgIpc) is 2.76. The topological polar surface area (TPSA) is 55.6 Å². The van der Waals surface area contributed by atoms with Crippen LogP contribution in [0.4, 0.5) is 4.79 Å². The number of nitrogens with zero attached hydrogens (tertiary/aromatic N) is 1. The second kappa shape index (κ2) is 5.80. The minimum atomic E-state index is -0.176. The molecule has 0 unspecified atom stereocenters. The Morgan fingerprint density at radius 3 is 2.68 bits per heavy atom. The van der Waals surface area contributed by atoms with Gasteiger partial charge in [0.05, 0.1) is 0 Å². The molecule has 5 heteroatoms. The normalized spacial score (nSPS) is 17.4. The standard InChI is InChI=1S/C14H18N2O2.ClH/c15-7-10-4-5-11-8-16(9-12(11)6-10)14(17)18-13-2-1-3-13;/h4-6,13H,1-3,7-9,15H2;1H. The zero-order valence-corrected chi connectivity index (χ0v) is 11.6. The van der Waals surface area contributed by atoms with E-state index in [0.29, 0.717) is 19.6 Å². The van der Waals surface area contributed by atoms with Gasteiger partial charge in [-0.3, -0.25) is 4.90 Å². The quantitative estimate of drug-likeness (QED) is 0.907. The maximum Gasteiger partial charge on any atom is 0.410 e. The van der Waals surface area contributed by atoms with Gasteiger partial charge in [0.2, 0.25) is 0 Å². The highest BCUT2D eigenvalue weighted by Crippen LogP contribution is 2.27. The van der Waals surface area contributed by atoms with Crippen LogP contribution in [0.15, 0.2) is 18.2 Å². The van der Waals surface area contributed by atoms with E-state index in [1.54, 1.807) is 4.90 Å². The lowest BCUT2D eigenvalue weighted by Crippen LogP contribution is -2.33. The van der Waals surface area contributed by atoms with Gasteiger partial charge in [0.25, 0.3) is 0 Å². The summed E-state index contributed by atoms with van der Waals surface area (Å²) < 4.78 is 5.42. The number of ether oxygens (including phenoxy) is 1. The fraction of sp³-hybridized carbons (Fsp3) is 0.500. The van der Waals surface area contributed by atoms with Gasteiger partial charge in [-0.1, -0.05) is 18.2 Å². The SMILES string of the molecule is Cl.NCc1ccc2c(c1)CN(C(=O)OC1CCC1)C2.